The highest BCUT2D eigenvalue weighted by molar-refractivity contribution is 5.91. The average Bonchev–Trinajstić information content (AvgIpc) is 2.26. The third-order valence-corrected chi connectivity index (χ3v) is 1.57. The van der Waals surface area contributed by atoms with Crippen LogP contribution in [0.5, 0.6) is 0 Å². The van der Waals surface area contributed by atoms with Crippen LogP contribution in [0.1, 0.15) is 15.9 Å². The maximum atomic E-state index is 11.3. The molecular weight excluding hydrogens is 196 g/mol. The second-order valence-electron chi connectivity index (χ2n) is 2.74. The van der Waals surface area contributed by atoms with Crippen LogP contribution in [-0.2, 0) is 9.53 Å². The van der Waals surface area contributed by atoms with Crippen molar-refractivity contribution in [2.75, 3.05) is 6.61 Å². The predicted molar refractivity (Wildman–Crippen MR) is 50.6 cm³/mol. The van der Waals surface area contributed by atoms with Crippen molar-refractivity contribution in [3.8, 4) is 6.07 Å². The second kappa shape index (κ2) is 4.77. The van der Waals surface area contributed by atoms with Gasteiger partial charge in [-0.1, -0.05) is 6.07 Å². The molecule has 15 heavy (non-hydrogen) atoms. The molecule has 0 unspecified atom stereocenters. The van der Waals surface area contributed by atoms with Gasteiger partial charge in [0.25, 0.3) is 5.91 Å². The van der Waals surface area contributed by atoms with Gasteiger partial charge >= 0.3 is 5.97 Å². The molecular formula is C10H8N2O3. The zero-order valence-electron chi connectivity index (χ0n) is 7.77. The summed E-state index contributed by atoms with van der Waals surface area (Å²) in [5, 5.41) is 8.59. The molecule has 0 aliphatic heterocycles. The van der Waals surface area contributed by atoms with Gasteiger partial charge < -0.3 is 10.5 Å². The summed E-state index contributed by atoms with van der Waals surface area (Å²) in [6.07, 6.45) is 0. The maximum absolute atomic E-state index is 11.3. The van der Waals surface area contributed by atoms with Gasteiger partial charge in [0.05, 0.1) is 17.2 Å². The summed E-state index contributed by atoms with van der Waals surface area (Å²) in [6.45, 7) is -0.463. The molecule has 0 saturated heterocycles. The van der Waals surface area contributed by atoms with E-state index >= 15 is 0 Å². The minimum atomic E-state index is -0.722. The molecule has 5 heteroatoms. The smallest absolute Gasteiger partial charge is 0.338 e. The van der Waals surface area contributed by atoms with Gasteiger partial charge in [-0.25, -0.2) is 4.79 Å². The van der Waals surface area contributed by atoms with Crippen LogP contribution < -0.4 is 5.73 Å². The first-order chi connectivity index (χ1) is 7.13. The molecule has 0 aliphatic carbocycles. The molecule has 0 saturated carbocycles. The second-order valence-corrected chi connectivity index (χ2v) is 2.74. The number of carbonyl (C=O) groups excluding carboxylic acids is 2. The van der Waals surface area contributed by atoms with Crippen LogP contribution in [0.3, 0.4) is 0 Å². The molecule has 0 fully saturated rings. The van der Waals surface area contributed by atoms with Crippen LogP contribution in [0, 0.1) is 11.3 Å². The lowest BCUT2D eigenvalue weighted by atomic mass is 10.1. The van der Waals surface area contributed by atoms with E-state index in [4.69, 9.17) is 11.0 Å². The number of nitrogens with two attached hydrogens (primary N) is 1. The molecule has 1 amide bonds. The number of rotatable bonds is 3. The van der Waals surface area contributed by atoms with Gasteiger partial charge in [0.2, 0.25) is 0 Å². The summed E-state index contributed by atoms with van der Waals surface area (Å²) in [4.78, 5) is 21.6. The van der Waals surface area contributed by atoms with E-state index in [1.165, 1.54) is 12.1 Å². The lowest BCUT2D eigenvalue weighted by Crippen LogP contribution is -2.20. The van der Waals surface area contributed by atoms with E-state index in [-0.39, 0.29) is 5.56 Å². The Hall–Kier alpha value is -2.35. The molecule has 0 radical (unpaired) electrons. The van der Waals surface area contributed by atoms with Crippen molar-refractivity contribution >= 4 is 11.9 Å². The van der Waals surface area contributed by atoms with Crippen LogP contribution in [0.25, 0.3) is 0 Å². The molecule has 0 aromatic heterocycles. The number of hydrogen-bond donors (Lipinski definition) is 1. The van der Waals surface area contributed by atoms with E-state index in [0.29, 0.717) is 5.56 Å². The van der Waals surface area contributed by atoms with E-state index in [1.54, 1.807) is 12.1 Å². The minimum absolute atomic E-state index is 0.218. The predicted octanol–water partition coefficient (Wildman–Crippen LogP) is 0.200. The molecule has 1 aromatic rings. The van der Waals surface area contributed by atoms with Crippen LogP contribution in [0.2, 0.25) is 0 Å². The van der Waals surface area contributed by atoms with Gasteiger partial charge in [-0.3, -0.25) is 4.79 Å². The number of benzene rings is 1. The third-order valence-electron chi connectivity index (χ3n) is 1.57. The average molecular weight is 204 g/mol. The van der Waals surface area contributed by atoms with E-state index in [2.05, 4.69) is 4.74 Å². The number of amides is 1. The van der Waals surface area contributed by atoms with E-state index < -0.39 is 18.5 Å². The molecule has 5 nitrogen and oxygen atoms in total. The van der Waals surface area contributed by atoms with Crippen LogP contribution >= 0.6 is 0 Å². The minimum Gasteiger partial charge on any atom is -0.452 e. The van der Waals surface area contributed by atoms with Crippen LogP contribution in [0.4, 0.5) is 0 Å². The highest BCUT2D eigenvalue weighted by Crippen LogP contribution is 2.05. The Morgan fingerprint density at radius 2 is 2.20 bits per heavy atom. The molecule has 0 bridgehead atoms. The number of primary amides is 1. The topological polar surface area (TPSA) is 93.2 Å². The van der Waals surface area contributed by atoms with Crippen LogP contribution in [-0.4, -0.2) is 18.5 Å². The zero-order valence-corrected chi connectivity index (χ0v) is 7.77. The van der Waals surface area contributed by atoms with Crippen molar-refractivity contribution in [2.45, 2.75) is 0 Å². The number of hydrogen-bond acceptors (Lipinski definition) is 4. The third kappa shape index (κ3) is 3.12. The highest BCUT2D eigenvalue weighted by Gasteiger charge is 2.08. The Kier molecular flexibility index (Phi) is 3.41. The summed E-state index contributed by atoms with van der Waals surface area (Å²) in [5.41, 5.74) is 5.37. The number of esters is 1. The fourth-order valence-corrected chi connectivity index (χ4v) is 0.936. The van der Waals surface area contributed by atoms with E-state index in [1.807, 2.05) is 6.07 Å². The summed E-state index contributed by atoms with van der Waals surface area (Å²) in [5.74, 6) is -1.40. The van der Waals surface area contributed by atoms with Crippen molar-refractivity contribution in [2.24, 2.45) is 5.73 Å². The maximum Gasteiger partial charge on any atom is 0.338 e. The van der Waals surface area contributed by atoms with E-state index in [0.717, 1.165) is 0 Å². The first-order valence-electron chi connectivity index (χ1n) is 4.09. The number of carbonyl (C=O) groups is 2. The van der Waals surface area contributed by atoms with Gasteiger partial charge in [-0.15, -0.1) is 0 Å². The number of ether oxygens (including phenoxy) is 1. The first kappa shape index (κ1) is 10.7. The Morgan fingerprint density at radius 1 is 1.47 bits per heavy atom. The number of nitrogens with zero attached hydrogens (tertiary/aromatic N) is 1. The van der Waals surface area contributed by atoms with Crippen molar-refractivity contribution in [3.05, 3.63) is 35.4 Å². The number of nitriles is 1. The van der Waals surface area contributed by atoms with Crippen LogP contribution in [0.15, 0.2) is 24.3 Å². The summed E-state index contributed by atoms with van der Waals surface area (Å²) in [7, 11) is 0. The highest BCUT2D eigenvalue weighted by atomic mass is 16.5. The van der Waals surface area contributed by atoms with Gasteiger partial charge in [0.15, 0.2) is 6.61 Å². The van der Waals surface area contributed by atoms with E-state index in [9.17, 15) is 9.59 Å². The molecule has 0 aliphatic rings. The van der Waals surface area contributed by atoms with Crippen molar-refractivity contribution in [3.63, 3.8) is 0 Å². The standard InChI is InChI=1S/C10H8N2O3/c11-5-7-2-1-3-8(4-7)10(14)15-6-9(12)13/h1-4H,6H2,(H2,12,13). The van der Waals surface area contributed by atoms with Gasteiger partial charge in [-0.2, -0.15) is 5.26 Å². The Bertz CT molecular complexity index is 435. The molecule has 0 spiro atoms. The fraction of sp³-hybridized carbons (Fsp3) is 0.100. The Balaban J connectivity index is 2.74. The van der Waals surface area contributed by atoms with Crippen molar-refractivity contribution < 1.29 is 14.3 Å². The summed E-state index contributed by atoms with van der Waals surface area (Å²) < 4.78 is 4.57. The quantitative estimate of drug-likeness (QED) is 0.711. The molecule has 0 atom stereocenters. The largest absolute Gasteiger partial charge is 0.452 e. The lowest BCUT2D eigenvalue weighted by Gasteiger charge is -2.01. The Labute approximate surface area is 86.1 Å². The normalized spacial score (nSPS) is 9.00. The van der Waals surface area contributed by atoms with Gasteiger partial charge in [0, 0.05) is 0 Å². The molecule has 0 heterocycles. The Morgan fingerprint density at radius 3 is 2.80 bits per heavy atom. The first-order valence-corrected chi connectivity index (χ1v) is 4.09. The lowest BCUT2D eigenvalue weighted by molar-refractivity contribution is -0.121. The zero-order chi connectivity index (χ0) is 11.3. The van der Waals surface area contributed by atoms with Crippen molar-refractivity contribution in [1.29, 1.82) is 5.26 Å². The molecule has 1 aromatic carbocycles. The SMILES string of the molecule is N#Cc1cccc(C(=O)OCC(N)=O)c1. The molecule has 1 rings (SSSR count). The monoisotopic (exact) mass is 204 g/mol. The molecule has 76 valence electrons. The summed E-state index contributed by atoms with van der Waals surface area (Å²) in [6, 6.07) is 7.87. The van der Waals surface area contributed by atoms with Gasteiger partial charge in [-0.05, 0) is 18.2 Å². The van der Waals surface area contributed by atoms with Crippen molar-refractivity contribution in [1.82, 2.24) is 0 Å². The molecule has 2 N–H and O–H groups in total. The summed E-state index contributed by atoms with van der Waals surface area (Å²) >= 11 is 0. The fourth-order valence-electron chi connectivity index (χ4n) is 0.936. The van der Waals surface area contributed by atoms with Gasteiger partial charge in [0.1, 0.15) is 0 Å².